The SMILES string of the molecule is O=C(c1ccc(F)c(Br)c1)c1ccc(F)c(F)c1F. The third-order valence-electron chi connectivity index (χ3n) is 2.46. The van der Waals surface area contributed by atoms with Crippen molar-refractivity contribution in [2.75, 3.05) is 0 Å². The number of carbonyl (C=O) groups is 1. The van der Waals surface area contributed by atoms with Gasteiger partial charge in [0.05, 0.1) is 10.0 Å². The van der Waals surface area contributed by atoms with Gasteiger partial charge in [-0.05, 0) is 46.3 Å². The Hall–Kier alpha value is -1.69. The highest BCUT2D eigenvalue weighted by Gasteiger charge is 2.20. The fourth-order valence-corrected chi connectivity index (χ4v) is 1.87. The summed E-state index contributed by atoms with van der Waals surface area (Å²) < 4.78 is 52.3. The van der Waals surface area contributed by atoms with Crippen LogP contribution < -0.4 is 0 Å². The number of carbonyl (C=O) groups excluding carboxylic acids is 1. The lowest BCUT2D eigenvalue weighted by molar-refractivity contribution is 0.103. The fourth-order valence-electron chi connectivity index (χ4n) is 1.49. The number of halogens is 5. The Labute approximate surface area is 114 Å². The molecule has 0 atom stereocenters. The van der Waals surface area contributed by atoms with Crippen molar-refractivity contribution in [3.8, 4) is 0 Å². The molecular weight excluding hydrogens is 328 g/mol. The Balaban J connectivity index is 2.50. The van der Waals surface area contributed by atoms with E-state index in [2.05, 4.69) is 15.9 Å². The van der Waals surface area contributed by atoms with Crippen LogP contribution in [0.15, 0.2) is 34.8 Å². The number of hydrogen-bond acceptors (Lipinski definition) is 1. The molecule has 0 aliphatic carbocycles. The highest BCUT2D eigenvalue weighted by molar-refractivity contribution is 9.10. The normalized spacial score (nSPS) is 10.6. The molecule has 2 aromatic rings. The predicted octanol–water partition coefficient (Wildman–Crippen LogP) is 4.24. The zero-order valence-corrected chi connectivity index (χ0v) is 10.8. The van der Waals surface area contributed by atoms with Gasteiger partial charge in [0.2, 0.25) is 0 Å². The molecule has 2 rings (SSSR count). The summed E-state index contributed by atoms with van der Waals surface area (Å²) in [4.78, 5) is 11.9. The third-order valence-corrected chi connectivity index (χ3v) is 3.07. The van der Waals surface area contributed by atoms with Gasteiger partial charge in [-0.1, -0.05) is 0 Å². The van der Waals surface area contributed by atoms with Gasteiger partial charge in [0, 0.05) is 5.56 Å². The molecule has 0 N–H and O–H groups in total. The minimum absolute atomic E-state index is 0.0151. The molecule has 0 saturated carbocycles. The maximum absolute atomic E-state index is 13.5. The molecule has 19 heavy (non-hydrogen) atoms. The van der Waals surface area contributed by atoms with Crippen LogP contribution >= 0.6 is 15.9 Å². The lowest BCUT2D eigenvalue weighted by atomic mass is 10.0. The minimum atomic E-state index is -1.72. The van der Waals surface area contributed by atoms with Gasteiger partial charge < -0.3 is 0 Å². The number of rotatable bonds is 2. The third kappa shape index (κ3) is 2.53. The summed E-state index contributed by atoms with van der Waals surface area (Å²) in [5, 5.41) is 0. The van der Waals surface area contributed by atoms with E-state index in [0.29, 0.717) is 6.07 Å². The maximum atomic E-state index is 13.5. The van der Waals surface area contributed by atoms with Gasteiger partial charge in [-0.3, -0.25) is 4.79 Å². The molecule has 0 unspecified atom stereocenters. The summed E-state index contributed by atoms with van der Waals surface area (Å²) in [6.45, 7) is 0. The van der Waals surface area contributed by atoms with E-state index >= 15 is 0 Å². The van der Waals surface area contributed by atoms with Crippen LogP contribution in [-0.4, -0.2) is 5.78 Å². The smallest absolute Gasteiger partial charge is 0.196 e. The summed E-state index contributed by atoms with van der Waals surface area (Å²) in [5.74, 6) is -6.12. The first-order valence-corrected chi connectivity index (χ1v) is 5.84. The molecule has 0 fully saturated rings. The minimum Gasteiger partial charge on any atom is -0.288 e. The molecule has 1 nitrogen and oxygen atoms in total. The van der Waals surface area contributed by atoms with E-state index in [1.165, 1.54) is 0 Å². The van der Waals surface area contributed by atoms with Gasteiger partial charge in [-0.25, -0.2) is 17.6 Å². The molecule has 0 bridgehead atoms. The van der Waals surface area contributed by atoms with Crippen LogP contribution in [0.4, 0.5) is 17.6 Å². The van der Waals surface area contributed by atoms with Crippen LogP contribution in [0.1, 0.15) is 15.9 Å². The van der Waals surface area contributed by atoms with Gasteiger partial charge >= 0.3 is 0 Å². The summed E-state index contributed by atoms with van der Waals surface area (Å²) in [5.41, 5.74) is -0.657. The average molecular weight is 333 g/mol. The van der Waals surface area contributed by atoms with Crippen LogP contribution in [0, 0.1) is 23.3 Å². The molecule has 0 saturated heterocycles. The van der Waals surface area contributed by atoms with Crippen LogP contribution in [0.3, 0.4) is 0 Å². The van der Waals surface area contributed by atoms with E-state index in [4.69, 9.17) is 0 Å². The molecule has 6 heteroatoms. The second kappa shape index (κ2) is 5.13. The van der Waals surface area contributed by atoms with Gasteiger partial charge in [-0.2, -0.15) is 0 Å². The molecule has 0 aliphatic heterocycles. The van der Waals surface area contributed by atoms with E-state index in [0.717, 1.165) is 24.3 Å². The quantitative estimate of drug-likeness (QED) is 0.457. The second-order valence-electron chi connectivity index (χ2n) is 3.68. The number of benzene rings is 2. The standard InChI is InChI=1S/C13H5BrF4O/c14-8-5-6(1-3-9(8)15)13(19)7-2-4-10(16)12(18)11(7)17/h1-5H. The maximum Gasteiger partial charge on any atom is 0.196 e. The van der Waals surface area contributed by atoms with E-state index in [9.17, 15) is 22.4 Å². The van der Waals surface area contributed by atoms with E-state index in [-0.39, 0.29) is 10.0 Å². The monoisotopic (exact) mass is 332 g/mol. The first kappa shape index (κ1) is 13.7. The Morgan fingerprint density at radius 2 is 1.53 bits per heavy atom. The zero-order valence-electron chi connectivity index (χ0n) is 9.18. The van der Waals surface area contributed by atoms with Crippen molar-refractivity contribution in [3.05, 3.63) is 69.2 Å². The van der Waals surface area contributed by atoms with E-state index in [1.54, 1.807) is 0 Å². The molecule has 0 spiro atoms. The summed E-state index contributed by atoms with van der Waals surface area (Å²) in [7, 11) is 0. The topological polar surface area (TPSA) is 17.1 Å². The molecule has 0 radical (unpaired) electrons. The van der Waals surface area contributed by atoms with Crippen molar-refractivity contribution in [1.29, 1.82) is 0 Å². The van der Waals surface area contributed by atoms with Crippen molar-refractivity contribution in [3.63, 3.8) is 0 Å². The summed E-state index contributed by atoms with van der Waals surface area (Å²) in [6, 6.07) is 4.77. The van der Waals surface area contributed by atoms with Gasteiger partial charge in [0.25, 0.3) is 0 Å². The number of hydrogen-bond donors (Lipinski definition) is 0. The van der Waals surface area contributed by atoms with Crippen molar-refractivity contribution in [1.82, 2.24) is 0 Å². The summed E-state index contributed by atoms with van der Waals surface area (Å²) in [6.07, 6.45) is 0. The van der Waals surface area contributed by atoms with Crippen molar-refractivity contribution in [2.24, 2.45) is 0 Å². The van der Waals surface area contributed by atoms with Crippen LogP contribution in [0.25, 0.3) is 0 Å². The Morgan fingerprint density at radius 3 is 2.16 bits per heavy atom. The molecule has 2 aromatic carbocycles. The largest absolute Gasteiger partial charge is 0.288 e. The first-order valence-electron chi connectivity index (χ1n) is 5.05. The molecule has 0 aromatic heterocycles. The number of ketones is 1. The molecular formula is C13H5BrF4O. The second-order valence-corrected chi connectivity index (χ2v) is 4.54. The van der Waals surface area contributed by atoms with Crippen molar-refractivity contribution in [2.45, 2.75) is 0 Å². The lowest BCUT2D eigenvalue weighted by Crippen LogP contribution is -2.07. The summed E-state index contributed by atoms with van der Waals surface area (Å²) >= 11 is 2.88. The van der Waals surface area contributed by atoms with Gasteiger partial charge in [0.15, 0.2) is 23.2 Å². The Kier molecular flexibility index (Phi) is 3.71. The van der Waals surface area contributed by atoms with E-state index in [1.807, 2.05) is 0 Å². The van der Waals surface area contributed by atoms with Crippen LogP contribution in [0.2, 0.25) is 0 Å². The zero-order chi connectivity index (χ0) is 14.2. The predicted molar refractivity (Wildman–Crippen MR) is 63.8 cm³/mol. The Bertz CT molecular complexity index is 670. The average Bonchev–Trinajstić information content (AvgIpc) is 2.39. The molecule has 0 amide bonds. The first-order chi connectivity index (χ1) is 8.91. The highest BCUT2D eigenvalue weighted by atomic mass is 79.9. The fraction of sp³-hybridized carbons (Fsp3) is 0. The van der Waals surface area contributed by atoms with Crippen LogP contribution in [-0.2, 0) is 0 Å². The molecule has 0 aliphatic rings. The van der Waals surface area contributed by atoms with Crippen molar-refractivity contribution >= 4 is 21.7 Å². The van der Waals surface area contributed by atoms with Gasteiger partial charge in [-0.15, -0.1) is 0 Å². The highest BCUT2D eigenvalue weighted by Crippen LogP contribution is 2.22. The van der Waals surface area contributed by atoms with E-state index < -0.39 is 34.6 Å². The van der Waals surface area contributed by atoms with Crippen molar-refractivity contribution < 1.29 is 22.4 Å². The lowest BCUT2D eigenvalue weighted by Gasteiger charge is -2.05. The Morgan fingerprint density at radius 1 is 0.895 bits per heavy atom. The van der Waals surface area contributed by atoms with Crippen LogP contribution in [0.5, 0.6) is 0 Å². The molecule has 0 heterocycles. The van der Waals surface area contributed by atoms with Gasteiger partial charge in [0.1, 0.15) is 5.82 Å². The molecule has 98 valence electrons.